The van der Waals surface area contributed by atoms with E-state index in [0.29, 0.717) is 0 Å². The lowest BCUT2D eigenvalue weighted by Crippen LogP contribution is -2.11. The van der Waals surface area contributed by atoms with Crippen LogP contribution in [0.3, 0.4) is 0 Å². The number of hydrogen-bond donors (Lipinski definition) is 0. The Hall–Kier alpha value is -6.29. The zero-order chi connectivity index (χ0) is 33.0. The first kappa shape index (κ1) is 28.7. The van der Waals surface area contributed by atoms with Crippen molar-refractivity contribution in [1.29, 1.82) is 0 Å². The zero-order valence-electron chi connectivity index (χ0n) is 27.1. The standard InChI is InChI=1S/C47H30N2S/c1-3-9-35-25-39(15-13-31(35)7-1)33-17-21-41(22-18-33)49(42-23-19-34(20-24-42)40-16-14-32-8-2-4-10-36(32)26-40)47-29-46-44(30-48-47)43-27-37-11-5-6-12-38(37)28-45(43)50-46/h1-30H. The Morgan fingerprint density at radius 1 is 0.360 bits per heavy atom. The van der Waals surface area contributed by atoms with E-state index in [4.69, 9.17) is 4.98 Å². The molecule has 0 aliphatic carbocycles. The largest absolute Gasteiger partial charge is 0.295 e. The van der Waals surface area contributed by atoms with Gasteiger partial charge in [0, 0.05) is 37.7 Å². The van der Waals surface area contributed by atoms with E-state index in [2.05, 4.69) is 187 Å². The topological polar surface area (TPSA) is 16.1 Å². The summed E-state index contributed by atoms with van der Waals surface area (Å²) in [4.78, 5) is 7.40. The molecule has 0 saturated carbocycles. The summed E-state index contributed by atoms with van der Waals surface area (Å²) >= 11 is 1.83. The second-order valence-corrected chi connectivity index (χ2v) is 14.0. The van der Waals surface area contributed by atoms with Gasteiger partial charge < -0.3 is 0 Å². The van der Waals surface area contributed by atoms with Gasteiger partial charge in [-0.3, -0.25) is 4.90 Å². The predicted molar refractivity (Wildman–Crippen MR) is 215 cm³/mol. The maximum absolute atomic E-state index is 5.12. The summed E-state index contributed by atoms with van der Waals surface area (Å²) in [5.41, 5.74) is 6.91. The van der Waals surface area contributed by atoms with Crippen LogP contribution in [0.25, 0.3) is 74.7 Å². The number of nitrogens with zero attached hydrogens (tertiary/aromatic N) is 2. The molecule has 0 bridgehead atoms. The van der Waals surface area contributed by atoms with Crippen molar-refractivity contribution in [3.05, 3.63) is 182 Å². The molecule has 2 nitrogen and oxygen atoms in total. The first-order chi connectivity index (χ1) is 24.7. The average molecular weight is 655 g/mol. The van der Waals surface area contributed by atoms with Gasteiger partial charge in [0.05, 0.1) is 0 Å². The number of thiophene rings is 1. The Labute approximate surface area is 294 Å². The molecule has 0 aliphatic heterocycles. The van der Waals surface area contributed by atoms with Crippen molar-refractivity contribution in [3.8, 4) is 22.3 Å². The van der Waals surface area contributed by atoms with Gasteiger partial charge in [-0.1, -0.05) is 121 Å². The Morgan fingerprint density at radius 3 is 1.34 bits per heavy atom. The highest BCUT2D eigenvalue weighted by Crippen LogP contribution is 2.41. The average Bonchev–Trinajstić information content (AvgIpc) is 3.53. The number of benzene rings is 8. The van der Waals surface area contributed by atoms with Crippen LogP contribution in [0.2, 0.25) is 0 Å². The van der Waals surface area contributed by atoms with Gasteiger partial charge in [0.25, 0.3) is 0 Å². The number of anilines is 3. The first-order valence-electron chi connectivity index (χ1n) is 16.9. The monoisotopic (exact) mass is 654 g/mol. The molecular formula is C47H30N2S. The molecule has 0 amide bonds. The molecule has 10 rings (SSSR count). The van der Waals surface area contributed by atoms with E-state index < -0.39 is 0 Å². The minimum Gasteiger partial charge on any atom is -0.295 e. The normalized spacial score (nSPS) is 11.6. The lowest BCUT2D eigenvalue weighted by molar-refractivity contribution is 1.19. The summed E-state index contributed by atoms with van der Waals surface area (Å²) in [7, 11) is 0. The molecule has 0 fully saturated rings. The summed E-state index contributed by atoms with van der Waals surface area (Å²) in [5, 5.41) is 9.96. The smallest absolute Gasteiger partial charge is 0.138 e. The van der Waals surface area contributed by atoms with Gasteiger partial charge in [-0.25, -0.2) is 4.98 Å². The van der Waals surface area contributed by atoms with Crippen molar-refractivity contribution in [2.24, 2.45) is 0 Å². The molecule has 50 heavy (non-hydrogen) atoms. The van der Waals surface area contributed by atoms with Crippen LogP contribution in [0.1, 0.15) is 0 Å². The second kappa shape index (κ2) is 11.7. The van der Waals surface area contributed by atoms with Crippen LogP contribution in [-0.4, -0.2) is 4.98 Å². The molecule has 0 aliphatic rings. The van der Waals surface area contributed by atoms with Crippen LogP contribution >= 0.6 is 11.3 Å². The second-order valence-electron chi connectivity index (χ2n) is 12.9. The lowest BCUT2D eigenvalue weighted by Gasteiger charge is -2.25. The Balaban J connectivity index is 1.08. The minimum absolute atomic E-state index is 0.894. The Bertz CT molecular complexity index is 2750. The highest BCUT2D eigenvalue weighted by molar-refractivity contribution is 7.25. The van der Waals surface area contributed by atoms with E-state index in [0.717, 1.165) is 17.2 Å². The highest BCUT2D eigenvalue weighted by atomic mass is 32.1. The fourth-order valence-electron chi connectivity index (χ4n) is 7.23. The number of rotatable bonds is 5. The molecule has 234 valence electrons. The predicted octanol–water partition coefficient (Wildman–Crippen LogP) is 13.7. The van der Waals surface area contributed by atoms with Gasteiger partial charge in [-0.15, -0.1) is 11.3 Å². The molecule has 0 saturated heterocycles. The molecule has 0 atom stereocenters. The van der Waals surface area contributed by atoms with Crippen molar-refractivity contribution in [2.75, 3.05) is 4.90 Å². The highest BCUT2D eigenvalue weighted by Gasteiger charge is 2.17. The summed E-state index contributed by atoms with van der Waals surface area (Å²) in [6, 6.07) is 63.6. The Kier molecular flexibility index (Phi) is 6.71. The van der Waals surface area contributed by atoms with Crippen LogP contribution in [0, 0.1) is 0 Å². The third-order valence-corrected chi connectivity index (χ3v) is 11.0. The van der Waals surface area contributed by atoms with E-state index >= 15 is 0 Å². The molecule has 8 aromatic carbocycles. The van der Waals surface area contributed by atoms with E-state index in [1.165, 1.54) is 74.7 Å². The first-order valence-corrected chi connectivity index (χ1v) is 17.7. The van der Waals surface area contributed by atoms with Crippen molar-refractivity contribution >= 4 is 81.0 Å². The Morgan fingerprint density at radius 2 is 0.800 bits per heavy atom. The number of hydrogen-bond acceptors (Lipinski definition) is 3. The third kappa shape index (κ3) is 4.99. The number of pyridine rings is 1. The van der Waals surface area contributed by atoms with Crippen LogP contribution in [0.15, 0.2) is 182 Å². The molecule has 2 aromatic heterocycles. The summed E-state index contributed by atoms with van der Waals surface area (Å²) in [5.74, 6) is 0.894. The summed E-state index contributed by atoms with van der Waals surface area (Å²) in [6.45, 7) is 0. The SMILES string of the molecule is c1ccc2cc(-c3ccc(N(c4ccc(-c5ccc6ccccc6c5)cc4)c4cc5sc6cc7ccccc7cc6c5cn4)cc3)ccc2c1. The van der Waals surface area contributed by atoms with Crippen LogP contribution in [0.5, 0.6) is 0 Å². The third-order valence-electron chi connectivity index (χ3n) is 9.86. The van der Waals surface area contributed by atoms with Crippen molar-refractivity contribution in [3.63, 3.8) is 0 Å². The van der Waals surface area contributed by atoms with Crippen molar-refractivity contribution in [2.45, 2.75) is 0 Å². The van der Waals surface area contributed by atoms with Crippen LogP contribution in [0.4, 0.5) is 17.2 Å². The molecule has 2 heterocycles. The minimum atomic E-state index is 0.894. The molecule has 0 radical (unpaired) electrons. The molecule has 0 unspecified atom stereocenters. The summed E-state index contributed by atoms with van der Waals surface area (Å²) in [6.07, 6.45) is 2.05. The van der Waals surface area contributed by atoms with E-state index in [-0.39, 0.29) is 0 Å². The fraction of sp³-hybridized carbons (Fsp3) is 0. The van der Waals surface area contributed by atoms with E-state index in [1.807, 2.05) is 11.3 Å². The van der Waals surface area contributed by atoms with Crippen molar-refractivity contribution in [1.82, 2.24) is 4.98 Å². The van der Waals surface area contributed by atoms with Gasteiger partial charge in [0.15, 0.2) is 0 Å². The van der Waals surface area contributed by atoms with Gasteiger partial charge in [0.1, 0.15) is 5.82 Å². The van der Waals surface area contributed by atoms with Crippen molar-refractivity contribution < 1.29 is 0 Å². The quantitative estimate of drug-likeness (QED) is 0.184. The number of fused-ring (bicyclic) bond motifs is 6. The molecular weight excluding hydrogens is 625 g/mol. The fourth-order valence-corrected chi connectivity index (χ4v) is 8.36. The lowest BCUT2D eigenvalue weighted by atomic mass is 10.0. The molecule has 3 heteroatoms. The maximum Gasteiger partial charge on any atom is 0.138 e. The van der Waals surface area contributed by atoms with Crippen LogP contribution in [-0.2, 0) is 0 Å². The van der Waals surface area contributed by atoms with Gasteiger partial charge >= 0.3 is 0 Å². The van der Waals surface area contributed by atoms with Gasteiger partial charge in [-0.2, -0.15) is 0 Å². The van der Waals surface area contributed by atoms with E-state index in [1.54, 1.807) is 0 Å². The summed E-state index contributed by atoms with van der Waals surface area (Å²) < 4.78 is 2.51. The molecule has 10 aromatic rings. The van der Waals surface area contributed by atoms with E-state index in [9.17, 15) is 0 Å². The molecule has 0 spiro atoms. The maximum atomic E-state index is 5.12. The van der Waals surface area contributed by atoms with Crippen LogP contribution < -0.4 is 4.90 Å². The van der Waals surface area contributed by atoms with Gasteiger partial charge in [0.2, 0.25) is 0 Å². The number of aromatic nitrogens is 1. The van der Waals surface area contributed by atoms with Gasteiger partial charge in [-0.05, 0) is 109 Å². The zero-order valence-corrected chi connectivity index (χ0v) is 27.9. The molecule has 0 N–H and O–H groups in total.